The zero-order valence-corrected chi connectivity index (χ0v) is 9.96. The minimum Gasteiger partial charge on any atom is -0.463 e. The third-order valence-electron chi connectivity index (χ3n) is 3.00. The SMILES string of the molecule is COC(=O)c1nccc(N2CC(C)C(N)C2)n1. The predicted octanol–water partition coefficient (Wildman–Crippen LogP) is 0.0466. The summed E-state index contributed by atoms with van der Waals surface area (Å²) in [6.45, 7) is 3.70. The predicted molar refractivity (Wildman–Crippen MR) is 62.7 cm³/mol. The molecule has 0 amide bonds. The number of rotatable bonds is 2. The van der Waals surface area contributed by atoms with Crippen LogP contribution in [0.3, 0.4) is 0 Å². The maximum absolute atomic E-state index is 11.3. The lowest BCUT2D eigenvalue weighted by Crippen LogP contribution is -2.29. The average Bonchev–Trinajstić information content (AvgIpc) is 2.69. The van der Waals surface area contributed by atoms with Crippen LogP contribution in [-0.2, 0) is 4.74 Å². The first-order chi connectivity index (χ1) is 8.11. The number of esters is 1. The van der Waals surface area contributed by atoms with Crippen molar-refractivity contribution >= 4 is 11.8 Å². The minimum absolute atomic E-state index is 0.0816. The maximum atomic E-state index is 11.3. The second-order valence-corrected chi connectivity index (χ2v) is 4.28. The van der Waals surface area contributed by atoms with Gasteiger partial charge in [0.05, 0.1) is 7.11 Å². The average molecular weight is 236 g/mol. The van der Waals surface area contributed by atoms with Gasteiger partial charge in [0.15, 0.2) is 0 Å². The number of ether oxygens (including phenoxy) is 1. The number of nitrogens with zero attached hydrogens (tertiary/aromatic N) is 3. The summed E-state index contributed by atoms with van der Waals surface area (Å²) in [7, 11) is 1.31. The van der Waals surface area contributed by atoms with E-state index in [-0.39, 0.29) is 11.9 Å². The molecule has 0 spiro atoms. The molecule has 92 valence electrons. The van der Waals surface area contributed by atoms with Crippen LogP contribution in [0.4, 0.5) is 5.82 Å². The van der Waals surface area contributed by atoms with Gasteiger partial charge in [0.25, 0.3) is 0 Å². The molecule has 2 N–H and O–H groups in total. The molecule has 0 aromatic carbocycles. The van der Waals surface area contributed by atoms with Gasteiger partial charge >= 0.3 is 5.97 Å². The first-order valence-corrected chi connectivity index (χ1v) is 5.53. The normalized spacial score (nSPS) is 23.8. The van der Waals surface area contributed by atoms with Crippen molar-refractivity contribution in [1.82, 2.24) is 9.97 Å². The van der Waals surface area contributed by atoms with Crippen LogP contribution in [0.1, 0.15) is 17.5 Å². The Morgan fingerprint density at radius 1 is 1.59 bits per heavy atom. The summed E-state index contributed by atoms with van der Waals surface area (Å²) in [5, 5.41) is 0. The number of hydrogen-bond donors (Lipinski definition) is 1. The molecule has 2 heterocycles. The molecule has 0 radical (unpaired) electrons. The molecule has 6 nitrogen and oxygen atoms in total. The molecule has 2 rings (SSSR count). The lowest BCUT2D eigenvalue weighted by Gasteiger charge is -2.16. The van der Waals surface area contributed by atoms with E-state index >= 15 is 0 Å². The van der Waals surface area contributed by atoms with Crippen molar-refractivity contribution in [3.8, 4) is 0 Å². The van der Waals surface area contributed by atoms with E-state index in [1.807, 2.05) is 0 Å². The Morgan fingerprint density at radius 3 is 2.94 bits per heavy atom. The summed E-state index contributed by atoms with van der Waals surface area (Å²) in [5.41, 5.74) is 5.95. The van der Waals surface area contributed by atoms with Gasteiger partial charge in [0.2, 0.25) is 5.82 Å². The Morgan fingerprint density at radius 2 is 2.35 bits per heavy atom. The van der Waals surface area contributed by atoms with Crippen LogP contribution in [0, 0.1) is 5.92 Å². The number of anilines is 1. The van der Waals surface area contributed by atoms with Crippen molar-refractivity contribution in [1.29, 1.82) is 0 Å². The summed E-state index contributed by atoms with van der Waals surface area (Å²) in [4.78, 5) is 21.4. The Bertz CT molecular complexity index is 414. The van der Waals surface area contributed by atoms with Crippen LogP contribution >= 0.6 is 0 Å². The molecular weight excluding hydrogens is 220 g/mol. The van der Waals surface area contributed by atoms with Crippen LogP contribution in [0.15, 0.2) is 12.3 Å². The van der Waals surface area contributed by atoms with Crippen LogP contribution in [0.5, 0.6) is 0 Å². The third-order valence-corrected chi connectivity index (χ3v) is 3.00. The standard InChI is InChI=1S/C11H16N4O2/c1-7-5-15(6-8(7)12)9-3-4-13-10(14-9)11(16)17-2/h3-4,7-8H,5-6,12H2,1-2H3. The second kappa shape index (κ2) is 4.67. The molecule has 0 aliphatic carbocycles. The van der Waals surface area contributed by atoms with Crippen molar-refractivity contribution in [3.05, 3.63) is 18.1 Å². The Hall–Kier alpha value is -1.69. The minimum atomic E-state index is -0.525. The van der Waals surface area contributed by atoms with Gasteiger partial charge in [-0.25, -0.2) is 14.8 Å². The smallest absolute Gasteiger partial charge is 0.376 e. The van der Waals surface area contributed by atoms with E-state index in [0.29, 0.717) is 5.92 Å². The van der Waals surface area contributed by atoms with Gasteiger partial charge in [-0.1, -0.05) is 6.92 Å². The highest BCUT2D eigenvalue weighted by atomic mass is 16.5. The summed E-state index contributed by atoms with van der Waals surface area (Å²) in [6, 6.07) is 1.92. The Labute approximate surface area is 99.8 Å². The lowest BCUT2D eigenvalue weighted by molar-refractivity contribution is 0.0587. The third kappa shape index (κ3) is 2.36. The highest BCUT2D eigenvalue weighted by Crippen LogP contribution is 2.20. The second-order valence-electron chi connectivity index (χ2n) is 4.28. The number of carbonyl (C=O) groups is 1. The monoisotopic (exact) mass is 236 g/mol. The molecule has 0 saturated carbocycles. The quantitative estimate of drug-likeness (QED) is 0.730. The van der Waals surface area contributed by atoms with Gasteiger partial charge in [-0.05, 0) is 12.0 Å². The van der Waals surface area contributed by atoms with E-state index in [4.69, 9.17) is 5.73 Å². The van der Waals surface area contributed by atoms with E-state index in [1.54, 1.807) is 12.3 Å². The first kappa shape index (κ1) is 11.8. The number of aromatic nitrogens is 2. The first-order valence-electron chi connectivity index (χ1n) is 5.53. The van der Waals surface area contributed by atoms with Crippen molar-refractivity contribution in [2.45, 2.75) is 13.0 Å². The van der Waals surface area contributed by atoms with Gasteiger partial charge in [0, 0.05) is 25.3 Å². The molecule has 2 unspecified atom stereocenters. The van der Waals surface area contributed by atoms with Gasteiger partial charge in [0.1, 0.15) is 5.82 Å². The molecule has 1 saturated heterocycles. The molecule has 2 atom stereocenters. The molecule has 1 aromatic heterocycles. The molecular formula is C11H16N4O2. The molecule has 1 fully saturated rings. The number of hydrogen-bond acceptors (Lipinski definition) is 6. The maximum Gasteiger partial charge on any atom is 0.376 e. The van der Waals surface area contributed by atoms with E-state index in [1.165, 1.54) is 7.11 Å². The van der Waals surface area contributed by atoms with Crippen LogP contribution in [-0.4, -0.2) is 42.2 Å². The zero-order chi connectivity index (χ0) is 12.4. The summed E-state index contributed by atoms with van der Waals surface area (Å²) < 4.78 is 4.59. The fourth-order valence-electron chi connectivity index (χ4n) is 1.89. The lowest BCUT2D eigenvalue weighted by atomic mass is 10.1. The topological polar surface area (TPSA) is 81.3 Å². The zero-order valence-electron chi connectivity index (χ0n) is 9.96. The van der Waals surface area contributed by atoms with Crippen molar-refractivity contribution in [3.63, 3.8) is 0 Å². The van der Waals surface area contributed by atoms with Crippen molar-refractivity contribution in [2.75, 3.05) is 25.1 Å². The number of nitrogens with two attached hydrogens (primary N) is 1. The number of carbonyl (C=O) groups excluding carboxylic acids is 1. The van der Waals surface area contributed by atoms with E-state index in [9.17, 15) is 4.79 Å². The Balaban J connectivity index is 2.19. The summed E-state index contributed by atoms with van der Waals surface area (Å²) in [6.07, 6.45) is 1.56. The van der Waals surface area contributed by atoms with E-state index in [0.717, 1.165) is 18.9 Å². The van der Waals surface area contributed by atoms with E-state index in [2.05, 4.69) is 26.5 Å². The molecule has 1 aliphatic heterocycles. The highest BCUT2D eigenvalue weighted by Gasteiger charge is 2.27. The fourth-order valence-corrected chi connectivity index (χ4v) is 1.89. The molecule has 17 heavy (non-hydrogen) atoms. The molecule has 1 aliphatic rings. The highest BCUT2D eigenvalue weighted by molar-refractivity contribution is 5.85. The van der Waals surface area contributed by atoms with Gasteiger partial charge in [-0.2, -0.15) is 0 Å². The summed E-state index contributed by atoms with van der Waals surface area (Å²) in [5.74, 6) is 0.702. The molecule has 1 aromatic rings. The van der Waals surface area contributed by atoms with Crippen LogP contribution in [0.25, 0.3) is 0 Å². The number of methoxy groups -OCH3 is 1. The summed E-state index contributed by atoms with van der Waals surface area (Å²) >= 11 is 0. The van der Waals surface area contributed by atoms with Crippen molar-refractivity contribution < 1.29 is 9.53 Å². The Kier molecular flexibility index (Phi) is 3.23. The van der Waals surface area contributed by atoms with Crippen LogP contribution in [0.2, 0.25) is 0 Å². The van der Waals surface area contributed by atoms with Gasteiger partial charge in [-0.3, -0.25) is 0 Å². The largest absolute Gasteiger partial charge is 0.463 e. The van der Waals surface area contributed by atoms with Gasteiger partial charge in [-0.15, -0.1) is 0 Å². The van der Waals surface area contributed by atoms with Crippen LogP contribution < -0.4 is 10.6 Å². The molecule has 0 bridgehead atoms. The molecule has 6 heteroatoms. The van der Waals surface area contributed by atoms with Crippen molar-refractivity contribution in [2.24, 2.45) is 11.7 Å². The fraction of sp³-hybridized carbons (Fsp3) is 0.545. The van der Waals surface area contributed by atoms with Gasteiger partial charge < -0.3 is 15.4 Å². The van der Waals surface area contributed by atoms with E-state index < -0.39 is 5.97 Å².